The van der Waals surface area contributed by atoms with Gasteiger partial charge in [0, 0.05) is 5.02 Å². The van der Waals surface area contributed by atoms with Crippen LogP contribution in [0.2, 0.25) is 5.02 Å². The molecule has 0 spiro atoms. The Labute approximate surface area is 93.7 Å². The van der Waals surface area contributed by atoms with Crippen LogP contribution in [0, 0.1) is 12.7 Å². The third-order valence-electron chi connectivity index (χ3n) is 2.68. The largest absolute Gasteiger partial charge is 0.207 e. The fourth-order valence-corrected chi connectivity index (χ4v) is 2.32. The first kappa shape index (κ1) is 10.4. The second-order valence-corrected chi connectivity index (χ2v) is 4.14. The summed E-state index contributed by atoms with van der Waals surface area (Å²) in [6.07, 6.45) is 0.700. The molecule has 0 nitrogen and oxygen atoms in total. The number of aryl methyl sites for hydroxylation is 2. The van der Waals surface area contributed by atoms with Crippen LogP contribution in [0.4, 0.5) is 4.39 Å². The zero-order valence-electron chi connectivity index (χ0n) is 8.77. The van der Waals surface area contributed by atoms with E-state index in [2.05, 4.69) is 0 Å². The van der Waals surface area contributed by atoms with Crippen LogP contribution in [-0.4, -0.2) is 0 Å². The molecule has 2 aromatic carbocycles. The molecular formula is C13H12ClF. The van der Waals surface area contributed by atoms with Crippen molar-refractivity contribution in [1.29, 1.82) is 0 Å². The van der Waals surface area contributed by atoms with Gasteiger partial charge in [-0.25, -0.2) is 4.39 Å². The van der Waals surface area contributed by atoms with E-state index in [1.807, 2.05) is 26.0 Å². The van der Waals surface area contributed by atoms with E-state index in [0.717, 1.165) is 21.9 Å². The molecule has 2 rings (SSSR count). The normalized spacial score (nSPS) is 10.9. The molecule has 0 atom stereocenters. The summed E-state index contributed by atoms with van der Waals surface area (Å²) in [4.78, 5) is 0. The fourth-order valence-electron chi connectivity index (χ4n) is 2.04. The zero-order valence-corrected chi connectivity index (χ0v) is 9.53. The van der Waals surface area contributed by atoms with Gasteiger partial charge >= 0.3 is 0 Å². The van der Waals surface area contributed by atoms with E-state index in [9.17, 15) is 4.39 Å². The lowest BCUT2D eigenvalue weighted by Gasteiger charge is -2.09. The van der Waals surface area contributed by atoms with Crippen molar-refractivity contribution in [1.82, 2.24) is 0 Å². The Morgan fingerprint density at radius 3 is 2.67 bits per heavy atom. The Kier molecular flexibility index (Phi) is 2.66. The Balaban J connectivity index is 2.91. The van der Waals surface area contributed by atoms with E-state index in [1.165, 1.54) is 6.07 Å². The minimum absolute atomic E-state index is 0.129. The van der Waals surface area contributed by atoms with Crippen LogP contribution in [0.15, 0.2) is 24.3 Å². The van der Waals surface area contributed by atoms with E-state index in [0.29, 0.717) is 11.4 Å². The highest BCUT2D eigenvalue weighted by atomic mass is 35.5. The van der Waals surface area contributed by atoms with Crippen molar-refractivity contribution in [2.75, 3.05) is 0 Å². The molecule has 0 aromatic heterocycles. The number of benzene rings is 2. The summed E-state index contributed by atoms with van der Waals surface area (Å²) >= 11 is 5.97. The first-order valence-electron chi connectivity index (χ1n) is 5.00. The highest BCUT2D eigenvalue weighted by Crippen LogP contribution is 2.28. The van der Waals surface area contributed by atoms with Gasteiger partial charge in [0.2, 0.25) is 0 Å². The molecule has 0 saturated heterocycles. The van der Waals surface area contributed by atoms with E-state index >= 15 is 0 Å². The molecular weight excluding hydrogens is 211 g/mol. The van der Waals surface area contributed by atoms with Crippen LogP contribution < -0.4 is 0 Å². The first-order valence-corrected chi connectivity index (χ1v) is 5.38. The van der Waals surface area contributed by atoms with Crippen molar-refractivity contribution in [2.45, 2.75) is 20.3 Å². The minimum atomic E-state index is -0.129. The third kappa shape index (κ3) is 1.72. The average Bonchev–Trinajstić information content (AvgIpc) is 2.18. The molecule has 0 aliphatic rings. The summed E-state index contributed by atoms with van der Waals surface area (Å²) in [5, 5.41) is 2.72. The van der Waals surface area contributed by atoms with Gasteiger partial charge in [-0.1, -0.05) is 24.6 Å². The van der Waals surface area contributed by atoms with Crippen molar-refractivity contribution in [3.05, 3.63) is 46.2 Å². The van der Waals surface area contributed by atoms with Crippen LogP contribution in [0.25, 0.3) is 10.8 Å². The molecule has 0 N–H and O–H groups in total. The Bertz CT molecular complexity index is 517. The van der Waals surface area contributed by atoms with Crippen LogP contribution in [0.1, 0.15) is 18.1 Å². The summed E-state index contributed by atoms with van der Waals surface area (Å²) in [5.74, 6) is -0.129. The SMILES string of the molecule is CCc1c(F)ccc2cc(Cl)cc(C)c12. The standard InChI is InChI=1S/C13H12ClF/c1-3-11-12(15)5-4-9-7-10(14)6-8(2)13(9)11/h4-7H,3H2,1-2H3. The molecule has 2 heteroatoms. The van der Waals surface area contributed by atoms with Crippen LogP contribution in [0.3, 0.4) is 0 Å². The lowest BCUT2D eigenvalue weighted by atomic mass is 9.98. The Morgan fingerprint density at radius 2 is 2.00 bits per heavy atom. The molecule has 0 aliphatic heterocycles. The average molecular weight is 223 g/mol. The van der Waals surface area contributed by atoms with E-state index in [-0.39, 0.29) is 5.82 Å². The smallest absolute Gasteiger partial charge is 0.127 e. The summed E-state index contributed by atoms with van der Waals surface area (Å²) in [6, 6.07) is 7.05. The fraction of sp³-hybridized carbons (Fsp3) is 0.231. The monoisotopic (exact) mass is 222 g/mol. The van der Waals surface area contributed by atoms with Gasteiger partial charge in [-0.05, 0) is 53.4 Å². The van der Waals surface area contributed by atoms with Gasteiger partial charge in [-0.2, -0.15) is 0 Å². The van der Waals surface area contributed by atoms with Crippen LogP contribution in [0.5, 0.6) is 0 Å². The number of hydrogen-bond acceptors (Lipinski definition) is 0. The van der Waals surface area contributed by atoms with Crippen molar-refractivity contribution in [2.24, 2.45) is 0 Å². The summed E-state index contributed by atoms with van der Waals surface area (Å²) in [5.41, 5.74) is 1.82. The third-order valence-corrected chi connectivity index (χ3v) is 2.90. The number of halogens is 2. The molecule has 0 aliphatic carbocycles. The van der Waals surface area contributed by atoms with Crippen molar-refractivity contribution in [3.63, 3.8) is 0 Å². The molecule has 0 radical (unpaired) electrons. The lowest BCUT2D eigenvalue weighted by Crippen LogP contribution is -1.92. The van der Waals surface area contributed by atoms with Gasteiger partial charge in [0.1, 0.15) is 5.82 Å². The molecule has 0 bridgehead atoms. The van der Waals surface area contributed by atoms with Crippen molar-refractivity contribution in [3.8, 4) is 0 Å². The second kappa shape index (κ2) is 3.82. The van der Waals surface area contributed by atoms with Crippen LogP contribution >= 0.6 is 11.6 Å². The molecule has 78 valence electrons. The molecule has 0 fully saturated rings. The van der Waals surface area contributed by atoms with Crippen LogP contribution in [-0.2, 0) is 6.42 Å². The topological polar surface area (TPSA) is 0 Å². The maximum atomic E-state index is 13.6. The predicted octanol–water partition coefficient (Wildman–Crippen LogP) is 4.50. The second-order valence-electron chi connectivity index (χ2n) is 3.70. The Hall–Kier alpha value is -1.08. The lowest BCUT2D eigenvalue weighted by molar-refractivity contribution is 0.615. The van der Waals surface area contributed by atoms with Gasteiger partial charge in [0.25, 0.3) is 0 Å². The van der Waals surface area contributed by atoms with Gasteiger partial charge < -0.3 is 0 Å². The summed E-state index contributed by atoms with van der Waals surface area (Å²) in [7, 11) is 0. The van der Waals surface area contributed by atoms with Gasteiger partial charge in [0.15, 0.2) is 0 Å². The maximum Gasteiger partial charge on any atom is 0.127 e. The van der Waals surface area contributed by atoms with E-state index in [4.69, 9.17) is 11.6 Å². The number of rotatable bonds is 1. The number of hydrogen-bond donors (Lipinski definition) is 0. The number of fused-ring (bicyclic) bond motifs is 1. The Morgan fingerprint density at radius 1 is 1.27 bits per heavy atom. The molecule has 0 amide bonds. The predicted molar refractivity (Wildman–Crippen MR) is 63.0 cm³/mol. The van der Waals surface area contributed by atoms with Gasteiger partial charge in [-0.15, -0.1) is 0 Å². The van der Waals surface area contributed by atoms with Gasteiger partial charge in [-0.3, -0.25) is 0 Å². The van der Waals surface area contributed by atoms with Crippen molar-refractivity contribution < 1.29 is 4.39 Å². The maximum absolute atomic E-state index is 13.6. The van der Waals surface area contributed by atoms with E-state index < -0.39 is 0 Å². The molecule has 0 saturated carbocycles. The molecule has 0 heterocycles. The zero-order chi connectivity index (χ0) is 11.0. The quantitative estimate of drug-likeness (QED) is 0.666. The van der Waals surface area contributed by atoms with Crippen molar-refractivity contribution >= 4 is 22.4 Å². The van der Waals surface area contributed by atoms with E-state index in [1.54, 1.807) is 6.07 Å². The summed E-state index contributed by atoms with van der Waals surface area (Å²) < 4.78 is 13.6. The first-order chi connectivity index (χ1) is 7.13. The molecule has 0 unspecified atom stereocenters. The molecule has 15 heavy (non-hydrogen) atoms. The summed E-state index contributed by atoms with van der Waals surface area (Å²) in [6.45, 7) is 3.93. The minimum Gasteiger partial charge on any atom is -0.207 e. The van der Waals surface area contributed by atoms with Gasteiger partial charge in [0.05, 0.1) is 0 Å². The highest BCUT2D eigenvalue weighted by molar-refractivity contribution is 6.31. The highest BCUT2D eigenvalue weighted by Gasteiger charge is 2.08. The molecule has 2 aromatic rings.